The van der Waals surface area contributed by atoms with Gasteiger partial charge in [0.2, 0.25) is 5.91 Å². The minimum Gasteiger partial charge on any atom is -0.480 e. The average molecular weight is 277 g/mol. The first-order chi connectivity index (χ1) is 9.61. The third-order valence-corrected chi connectivity index (χ3v) is 3.52. The fraction of sp³-hybridized carbons (Fsp3) is 0.467. The van der Waals surface area contributed by atoms with Crippen molar-refractivity contribution in [3.8, 4) is 0 Å². The molecule has 0 saturated carbocycles. The third-order valence-electron chi connectivity index (χ3n) is 3.52. The van der Waals surface area contributed by atoms with E-state index < -0.39 is 12.0 Å². The number of carbonyl (C=O) groups is 2. The van der Waals surface area contributed by atoms with Crippen LogP contribution in [-0.4, -0.2) is 41.6 Å². The third kappa shape index (κ3) is 3.36. The van der Waals surface area contributed by atoms with Gasteiger partial charge in [0, 0.05) is 13.7 Å². The lowest BCUT2D eigenvalue weighted by Crippen LogP contribution is -2.41. The van der Waals surface area contributed by atoms with E-state index in [1.54, 1.807) is 7.11 Å². The van der Waals surface area contributed by atoms with Crippen molar-refractivity contribution in [1.29, 1.82) is 0 Å². The average Bonchev–Trinajstić information content (AvgIpc) is 2.89. The van der Waals surface area contributed by atoms with Crippen molar-refractivity contribution in [2.75, 3.05) is 13.7 Å². The topological polar surface area (TPSA) is 66.8 Å². The molecule has 5 heteroatoms. The summed E-state index contributed by atoms with van der Waals surface area (Å²) in [4.78, 5) is 24.8. The second-order valence-corrected chi connectivity index (χ2v) is 5.01. The lowest BCUT2D eigenvalue weighted by Gasteiger charge is -2.21. The highest BCUT2D eigenvalue weighted by molar-refractivity contribution is 5.85. The van der Waals surface area contributed by atoms with Crippen LogP contribution in [0.2, 0.25) is 0 Å². The smallest absolute Gasteiger partial charge is 0.326 e. The van der Waals surface area contributed by atoms with Crippen molar-refractivity contribution in [2.24, 2.45) is 0 Å². The molecule has 0 aliphatic carbocycles. The number of rotatable bonds is 5. The fourth-order valence-electron chi connectivity index (χ4n) is 2.59. The fourth-order valence-corrected chi connectivity index (χ4v) is 2.59. The van der Waals surface area contributed by atoms with Gasteiger partial charge in [0.1, 0.15) is 6.04 Å². The number of methoxy groups -OCH3 is 1. The number of likely N-dealkylation sites (tertiary alicyclic amines) is 1. The molecule has 1 heterocycles. The molecule has 5 nitrogen and oxygen atoms in total. The molecule has 1 amide bonds. The number of amides is 1. The lowest BCUT2D eigenvalue weighted by molar-refractivity contribution is -0.148. The van der Waals surface area contributed by atoms with Gasteiger partial charge in [-0.05, 0) is 24.0 Å². The molecule has 2 rings (SSSR count). The van der Waals surface area contributed by atoms with E-state index in [0.717, 1.165) is 17.5 Å². The summed E-state index contributed by atoms with van der Waals surface area (Å²) < 4.78 is 5.06. The minimum atomic E-state index is -0.913. The minimum absolute atomic E-state index is 0.121. The molecule has 1 saturated heterocycles. The maximum absolute atomic E-state index is 12.2. The van der Waals surface area contributed by atoms with Gasteiger partial charge in [0.15, 0.2) is 0 Å². The number of ether oxygens (including phenoxy) is 1. The summed E-state index contributed by atoms with van der Waals surface area (Å²) in [5.41, 5.74) is 1.90. The van der Waals surface area contributed by atoms with Gasteiger partial charge >= 0.3 is 5.97 Å². The van der Waals surface area contributed by atoms with Gasteiger partial charge in [0.25, 0.3) is 0 Å². The van der Waals surface area contributed by atoms with Crippen LogP contribution in [0.25, 0.3) is 0 Å². The number of nitrogens with zero attached hydrogens (tertiary/aromatic N) is 1. The maximum Gasteiger partial charge on any atom is 0.326 e. The Morgan fingerprint density at radius 3 is 2.85 bits per heavy atom. The van der Waals surface area contributed by atoms with Gasteiger partial charge < -0.3 is 14.7 Å². The Labute approximate surface area is 118 Å². The summed E-state index contributed by atoms with van der Waals surface area (Å²) in [6.45, 7) is 1.04. The number of carboxylic acid groups (broad SMARTS) is 1. The van der Waals surface area contributed by atoms with Crippen LogP contribution in [0, 0.1) is 0 Å². The standard InChI is InChI=1S/C15H19NO4/c1-20-10-12-5-2-4-11(8-12)9-14(17)16-7-3-6-13(16)15(18)19/h2,4-5,8,13H,3,6-7,9-10H2,1H3,(H,18,19)/t13-/m0/s1. The molecular weight excluding hydrogens is 258 g/mol. The van der Waals surface area contributed by atoms with Crippen LogP contribution >= 0.6 is 0 Å². The highest BCUT2D eigenvalue weighted by atomic mass is 16.5. The van der Waals surface area contributed by atoms with Crippen molar-refractivity contribution >= 4 is 11.9 Å². The van der Waals surface area contributed by atoms with E-state index in [2.05, 4.69) is 0 Å². The van der Waals surface area contributed by atoms with Crippen LogP contribution in [0.1, 0.15) is 24.0 Å². The second-order valence-electron chi connectivity index (χ2n) is 5.01. The highest BCUT2D eigenvalue weighted by Crippen LogP contribution is 2.19. The Morgan fingerprint density at radius 1 is 1.40 bits per heavy atom. The summed E-state index contributed by atoms with van der Waals surface area (Å²) >= 11 is 0. The molecule has 1 aliphatic rings. The number of benzene rings is 1. The van der Waals surface area contributed by atoms with Crippen LogP contribution in [0.4, 0.5) is 0 Å². The molecule has 0 bridgehead atoms. The van der Waals surface area contributed by atoms with Gasteiger partial charge in [0.05, 0.1) is 13.0 Å². The molecular formula is C15H19NO4. The Bertz CT molecular complexity index is 500. The summed E-state index contributed by atoms with van der Waals surface area (Å²) in [7, 11) is 1.62. The van der Waals surface area contributed by atoms with Crippen LogP contribution < -0.4 is 0 Å². The summed E-state index contributed by atoms with van der Waals surface area (Å²) in [5.74, 6) is -1.03. The molecule has 0 radical (unpaired) electrons. The van der Waals surface area contributed by atoms with Crippen LogP contribution in [0.15, 0.2) is 24.3 Å². The molecule has 20 heavy (non-hydrogen) atoms. The zero-order valence-corrected chi connectivity index (χ0v) is 11.5. The summed E-state index contributed by atoms with van der Waals surface area (Å²) in [6, 6.07) is 6.96. The Morgan fingerprint density at radius 2 is 2.15 bits per heavy atom. The van der Waals surface area contributed by atoms with Crippen LogP contribution in [-0.2, 0) is 27.4 Å². The zero-order chi connectivity index (χ0) is 14.5. The van der Waals surface area contributed by atoms with E-state index in [1.807, 2.05) is 24.3 Å². The number of carboxylic acids is 1. The molecule has 0 spiro atoms. The predicted molar refractivity (Wildman–Crippen MR) is 73.2 cm³/mol. The Balaban J connectivity index is 2.04. The Hall–Kier alpha value is -1.88. The van der Waals surface area contributed by atoms with Crippen LogP contribution in [0.5, 0.6) is 0 Å². The highest BCUT2D eigenvalue weighted by Gasteiger charge is 2.33. The Kier molecular flexibility index (Phi) is 4.74. The normalized spacial score (nSPS) is 18.2. The van der Waals surface area contributed by atoms with E-state index in [4.69, 9.17) is 9.84 Å². The van der Waals surface area contributed by atoms with E-state index in [-0.39, 0.29) is 12.3 Å². The quantitative estimate of drug-likeness (QED) is 0.884. The predicted octanol–water partition coefficient (Wildman–Crippen LogP) is 1.45. The van der Waals surface area contributed by atoms with E-state index in [0.29, 0.717) is 19.6 Å². The molecule has 1 aliphatic heterocycles. The van der Waals surface area contributed by atoms with Gasteiger partial charge in [-0.3, -0.25) is 4.79 Å². The van der Waals surface area contributed by atoms with Crippen molar-refractivity contribution in [2.45, 2.75) is 31.9 Å². The number of aliphatic carboxylic acids is 1. The van der Waals surface area contributed by atoms with Crippen molar-refractivity contribution in [1.82, 2.24) is 4.90 Å². The SMILES string of the molecule is COCc1cccc(CC(=O)N2CCC[C@H]2C(=O)O)c1. The monoisotopic (exact) mass is 277 g/mol. The number of hydrogen-bond acceptors (Lipinski definition) is 3. The van der Waals surface area contributed by atoms with Crippen molar-refractivity contribution in [3.05, 3.63) is 35.4 Å². The largest absolute Gasteiger partial charge is 0.480 e. The molecule has 1 aromatic rings. The van der Waals surface area contributed by atoms with E-state index in [1.165, 1.54) is 4.90 Å². The molecule has 1 aromatic carbocycles. The van der Waals surface area contributed by atoms with Crippen LogP contribution in [0.3, 0.4) is 0 Å². The molecule has 0 aromatic heterocycles. The van der Waals surface area contributed by atoms with Crippen molar-refractivity contribution in [3.63, 3.8) is 0 Å². The molecule has 1 N–H and O–H groups in total. The second kappa shape index (κ2) is 6.52. The lowest BCUT2D eigenvalue weighted by atomic mass is 10.1. The van der Waals surface area contributed by atoms with Gasteiger partial charge in [-0.15, -0.1) is 0 Å². The molecule has 1 atom stereocenters. The van der Waals surface area contributed by atoms with E-state index >= 15 is 0 Å². The first kappa shape index (κ1) is 14.5. The van der Waals surface area contributed by atoms with E-state index in [9.17, 15) is 9.59 Å². The van der Waals surface area contributed by atoms with Gasteiger partial charge in [-0.1, -0.05) is 24.3 Å². The summed E-state index contributed by atoms with van der Waals surface area (Å²) in [5, 5.41) is 9.10. The zero-order valence-electron chi connectivity index (χ0n) is 11.5. The molecule has 108 valence electrons. The first-order valence-corrected chi connectivity index (χ1v) is 6.71. The molecule has 0 unspecified atom stereocenters. The number of carbonyl (C=O) groups excluding carboxylic acids is 1. The summed E-state index contributed by atoms with van der Waals surface area (Å²) in [6.07, 6.45) is 1.54. The van der Waals surface area contributed by atoms with Gasteiger partial charge in [-0.25, -0.2) is 4.79 Å². The van der Waals surface area contributed by atoms with Crippen molar-refractivity contribution < 1.29 is 19.4 Å². The molecule has 1 fully saturated rings. The maximum atomic E-state index is 12.2. The van der Waals surface area contributed by atoms with Gasteiger partial charge in [-0.2, -0.15) is 0 Å². The number of hydrogen-bond donors (Lipinski definition) is 1. The first-order valence-electron chi connectivity index (χ1n) is 6.71.